The highest BCUT2D eigenvalue weighted by molar-refractivity contribution is 7.98. The van der Waals surface area contributed by atoms with Gasteiger partial charge in [0, 0.05) is 23.1 Å². The number of hydrogen-bond donors (Lipinski definition) is 0. The van der Waals surface area contributed by atoms with E-state index in [9.17, 15) is 4.39 Å². The minimum absolute atomic E-state index is 0.196. The molecule has 1 saturated carbocycles. The molecule has 2 aromatic heterocycles. The van der Waals surface area contributed by atoms with E-state index in [1.54, 1.807) is 23.1 Å². The molecule has 0 radical (unpaired) electrons. The fourth-order valence-corrected chi connectivity index (χ4v) is 4.21. The van der Waals surface area contributed by atoms with Crippen LogP contribution in [0.2, 0.25) is 0 Å². The Morgan fingerprint density at radius 2 is 2.00 bits per heavy atom. The molecule has 0 spiro atoms. The van der Waals surface area contributed by atoms with Crippen molar-refractivity contribution in [3.63, 3.8) is 0 Å². The fraction of sp³-hybridized carbons (Fsp3) is 0.294. The second-order valence-corrected chi connectivity index (χ2v) is 7.65. The first-order valence-corrected chi connectivity index (χ1v) is 9.49. The van der Waals surface area contributed by atoms with Gasteiger partial charge in [0.05, 0.1) is 0 Å². The monoisotopic (exact) mass is 345 g/mol. The maximum absolute atomic E-state index is 13.0. The number of halogens is 1. The van der Waals surface area contributed by atoms with E-state index in [2.05, 4.69) is 32.3 Å². The summed E-state index contributed by atoms with van der Waals surface area (Å²) in [6, 6.07) is 11.4. The molecule has 1 aliphatic carbocycles. The summed E-state index contributed by atoms with van der Waals surface area (Å²) >= 11 is 3.43. The normalized spacial score (nSPS) is 14.3. The Balaban J connectivity index is 1.51. The Morgan fingerprint density at radius 1 is 1.17 bits per heavy atom. The van der Waals surface area contributed by atoms with Crippen molar-refractivity contribution in [1.29, 1.82) is 0 Å². The molecule has 2 heterocycles. The van der Waals surface area contributed by atoms with Crippen LogP contribution in [0.4, 0.5) is 4.39 Å². The summed E-state index contributed by atoms with van der Waals surface area (Å²) < 4.78 is 15.3. The summed E-state index contributed by atoms with van der Waals surface area (Å²) in [5.74, 6) is 1.64. The molecule has 0 N–H and O–H groups in total. The van der Waals surface area contributed by atoms with Gasteiger partial charge >= 0.3 is 0 Å². The van der Waals surface area contributed by atoms with Crippen molar-refractivity contribution >= 4 is 23.1 Å². The summed E-state index contributed by atoms with van der Waals surface area (Å²) in [5.41, 5.74) is 1.10. The second kappa shape index (κ2) is 6.45. The number of thioether (sulfide) groups is 1. The fourth-order valence-electron chi connectivity index (χ4n) is 2.52. The summed E-state index contributed by atoms with van der Waals surface area (Å²) in [7, 11) is 0. The van der Waals surface area contributed by atoms with Gasteiger partial charge in [-0.25, -0.2) is 4.39 Å². The van der Waals surface area contributed by atoms with E-state index in [0.29, 0.717) is 6.04 Å². The van der Waals surface area contributed by atoms with E-state index in [1.165, 1.54) is 29.9 Å². The van der Waals surface area contributed by atoms with E-state index in [0.717, 1.165) is 28.7 Å². The first-order chi connectivity index (χ1) is 11.3. The molecule has 1 fully saturated rings. The molecule has 6 heteroatoms. The number of nitrogens with zero attached hydrogens (tertiary/aromatic N) is 3. The van der Waals surface area contributed by atoms with Crippen LogP contribution in [-0.2, 0) is 12.2 Å². The lowest BCUT2D eigenvalue weighted by Crippen LogP contribution is -2.03. The largest absolute Gasteiger partial charge is 0.303 e. The number of aromatic nitrogens is 3. The maximum atomic E-state index is 13.0. The zero-order chi connectivity index (χ0) is 15.6. The van der Waals surface area contributed by atoms with Crippen LogP contribution in [0.3, 0.4) is 0 Å². The van der Waals surface area contributed by atoms with Crippen LogP contribution >= 0.6 is 23.1 Å². The van der Waals surface area contributed by atoms with Crippen molar-refractivity contribution in [2.24, 2.45) is 0 Å². The Labute approximate surface area is 142 Å². The number of benzene rings is 1. The Hall–Kier alpha value is -1.66. The third-order valence-electron chi connectivity index (χ3n) is 3.84. The van der Waals surface area contributed by atoms with Gasteiger partial charge in [-0.3, -0.25) is 0 Å². The number of rotatable bonds is 6. The summed E-state index contributed by atoms with van der Waals surface area (Å²) in [5, 5.41) is 11.9. The highest BCUT2D eigenvalue weighted by Gasteiger charge is 2.29. The van der Waals surface area contributed by atoms with Gasteiger partial charge in [-0.15, -0.1) is 21.5 Å². The van der Waals surface area contributed by atoms with Crippen LogP contribution in [0.15, 0.2) is 46.9 Å². The van der Waals surface area contributed by atoms with Crippen LogP contribution in [0.5, 0.6) is 0 Å². The van der Waals surface area contributed by atoms with Crippen molar-refractivity contribution < 1.29 is 4.39 Å². The molecule has 0 saturated heterocycles. The first-order valence-electron chi connectivity index (χ1n) is 7.63. The van der Waals surface area contributed by atoms with Crippen molar-refractivity contribution in [1.82, 2.24) is 14.8 Å². The van der Waals surface area contributed by atoms with Crippen LogP contribution in [0, 0.1) is 5.82 Å². The van der Waals surface area contributed by atoms with Crippen LogP contribution < -0.4 is 0 Å². The van der Waals surface area contributed by atoms with Crippen LogP contribution in [0.25, 0.3) is 0 Å². The highest BCUT2D eigenvalue weighted by atomic mass is 32.2. The Kier molecular flexibility index (Phi) is 4.18. The van der Waals surface area contributed by atoms with Gasteiger partial charge in [0.15, 0.2) is 5.16 Å². The van der Waals surface area contributed by atoms with Gasteiger partial charge in [-0.05, 0) is 42.0 Å². The van der Waals surface area contributed by atoms with Crippen molar-refractivity contribution in [2.45, 2.75) is 36.2 Å². The molecule has 0 aliphatic heterocycles. The molecule has 1 aromatic carbocycles. The summed E-state index contributed by atoms with van der Waals surface area (Å²) in [6.45, 7) is 0. The van der Waals surface area contributed by atoms with E-state index in [4.69, 9.17) is 0 Å². The summed E-state index contributed by atoms with van der Waals surface area (Å²) in [4.78, 5) is 1.31. The van der Waals surface area contributed by atoms with Crippen LogP contribution in [-0.4, -0.2) is 14.8 Å². The van der Waals surface area contributed by atoms with Crippen molar-refractivity contribution in [2.75, 3.05) is 0 Å². The van der Waals surface area contributed by atoms with Gasteiger partial charge < -0.3 is 4.57 Å². The molecule has 0 bridgehead atoms. The lowest BCUT2D eigenvalue weighted by molar-refractivity contribution is 0.627. The minimum Gasteiger partial charge on any atom is -0.303 e. The molecule has 3 aromatic rings. The van der Waals surface area contributed by atoms with E-state index in [-0.39, 0.29) is 5.82 Å². The van der Waals surface area contributed by atoms with Crippen molar-refractivity contribution in [3.05, 3.63) is 63.9 Å². The number of thiophene rings is 1. The Morgan fingerprint density at radius 3 is 2.70 bits per heavy atom. The molecule has 1 aliphatic rings. The molecular formula is C17H16FN3S2. The zero-order valence-electron chi connectivity index (χ0n) is 12.5. The van der Waals surface area contributed by atoms with E-state index >= 15 is 0 Å². The van der Waals surface area contributed by atoms with Gasteiger partial charge in [-0.1, -0.05) is 30.0 Å². The van der Waals surface area contributed by atoms with Gasteiger partial charge in [-0.2, -0.15) is 0 Å². The third-order valence-corrected chi connectivity index (χ3v) is 5.73. The molecule has 0 atom stereocenters. The molecule has 0 amide bonds. The molecule has 23 heavy (non-hydrogen) atoms. The predicted molar refractivity (Wildman–Crippen MR) is 91.4 cm³/mol. The minimum atomic E-state index is -0.196. The SMILES string of the molecule is Fc1ccc(CSc2nnc(Cc3cccs3)n2C2CC2)cc1. The first kappa shape index (κ1) is 14.9. The second-order valence-electron chi connectivity index (χ2n) is 5.67. The van der Waals surface area contributed by atoms with Gasteiger partial charge in [0.1, 0.15) is 11.6 Å². The smallest absolute Gasteiger partial charge is 0.191 e. The quantitative estimate of drug-likeness (QED) is 0.607. The summed E-state index contributed by atoms with van der Waals surface area (Å²) in [6.07, 6.45) is 3.26. The molecule has 4 rings (SSSR count). The predicted octanol–water partition coefficient (Wildman–Crippen LogP) is 4.70. The average Bonchev–Trinajstić information content (AvgIpc) is 3.11. The standard InChI is InChI=1S/C17H16FN3S2/c18-13-5-3-12(4-6-13)11-23-17-20-19-16(21(17)14-7-8-14)10-15-2-1-9-22-15/h1-6,9,14H,7-8,10-11H2. The van der Waals surface area contributed by atoms with Crippen molar-refractivity contribution in [3.8, 4) is 0 Å². The molecular weight excluding hydrogens is 329 g/mol. The van der Waals surface area contributed by atoms with Gasteiger partial charge in [0.25, 0.3) is 0 Å². The lowest BCUT2D eigenvalue weighted by atomic mass is 10.2. The number of hydrogen-bond acceptors (Lipinski definition) is 4. The van der Waals surface area contributed by atoms with E-state index < -0.39 is 0 Å². The molecule has 0 unspecified atom stereocenters. The van der Waals surface area contributed by atoms with E-state index in [1.807, 2.05) is 12.1 Å². The lowest BCUT2D eigenvalue weighted by Gasteiger charge is -2.08. The zero-order valence-corrected chi connectivity index (χ0v) is 14.1. The Bertz CT molecular complexity index is 777. The average molecular weight is 345 g/mol. The van der Waals surface area contributed by atoms with Crippen LogP contribution in [0.1, 0.15) is 35.1 Å². The topological polar surface area (TPSA) is 30.7 Å². The van der Waals surface area contributed by atoms with Gasteiger partial charge in [0.2, 0.25) is 0 Å². The highest BCUT2D eigenvalue weighted by Crippen LogP contribution is 2.39. The maximum Gasteiger partial charge on any atom is 0.191 e. The molecule has 118 valence electrons. The third kappa shape index (κ3) is 3.48. The molecule has 3 nitrogen and oxygen atoms in total.